The summed E-state index contributed by atoms with van der Waals surface area (Å²) in [5.74, 6) is -0.434. The SMILES string of the molecule is Cc1nc(C(=O)c2ccsc2)c([N+](=O)[O-])[nH]1. The van der Waals surface area contributed by atoms with E-state index in [-0.39, 0.29) is 11.5 Å². The van der Waals surface area contributed by atoms with Crippen LogP contribution in [0.25, 0.3) is 0 Å². The lowest BCUT2D eigenvalue weighted by Gasteiger charge is -1.94. The lowest BCUT2D eigenvalue weighted by Crippen LogP contribution is -2.04. The number of nitrogens with zero attached hydrogens (tertiary/aromatic N) is 2. The van der Waals surface area contributed by atoms with Crippen LogP contribution in [0.2, 0.25) is 0 Å². The highest BCUT2D eigenvalue weighted by molar-refractivity contribution is 7.08. The van der Waals surface area contributed by atoms with Crippen LogP contribution in [-0.2, 0) is 0 Å². The third-order valence-corrected chi connectivity index (χ3v) is 2.67. The van der Waals surface area contributed by atoms with Gasteiger partial charge in [-0.3, -0.25) is 4.79 Å². The van der Waals surface area contributed by atoms with Gasteiger partial charge >= 0.3 is 5.82 Å². The smallest absolute Gasteiger partial charge is 0.352 e. The fraction of sp³-hybridized carbons (Fsp3) is 0.111. The first-order valence-corrected chi connectivity index (χ1v) is 5.31. The van der Waals surface area contributed by atoms with Crippen LogP contribution in [0.5, 0.6) is 0 Å². The van der Waals surface area contributed by atoms with Crippen molar-refractivity contribution in [1.82, 2.24) is 9.97 Å². The predicted molar refractivity (Wildman–Crippen MR) is 57.7 cm³/mol. The van der Waals surface area contributed by atoms with E-state index in [1.807, 2.05) is 0 Å². The van der Waals surface area contributed by atoms with Crippen molar-refractivity contribution in [2.24, 2.45) is 0 Å². The third-order valence-electron chi connectivity index (χ3n) is 1.98. The Morgan fingerprint density at radius 1 is 1.62 bits per heavy atom. The number of ketones is 1. The Kier molecular flexibility index (Phi) is 2.53. The third kappa shape index (κ3) is 1.72. The van der Waals surface area contributed by atoms with Crippen LogP contribution in [0.1, 0.15) is 21.9 Å². The number of nitrogens with one attached hydrogen (secondary N) is 1. The van der Waals surface area contributed by atoms with Crippen molar-refractivity contribution < 1.29 is 9.72 Å². The molecule has 0 saturated heterocycles. The molecule has 0 spiro atoms. The van der Waals surface area contributed by atoms with Crippen molar-refractivity contribution in [2.75, 3.05) is 0 Å². The monoisotopic (exact) mass is 237 g/mol. The second kappa shape index (κ2) is 3.86. The zero-order valence-corrected chi connectivity index (χ0v) is 9.08. The summed E-state index contributed by atoms with van der Waals surface area (Å²) in [4.78, 5) is 28.2. The molecule has 0 aromatic carbocycles. The zero-order valence-electron chi connectivity index (χ0n) is 8.26. The van der Waals surface area contributed by atoms with Gasteiger partial charge in [-0.1, -0.05) is 0 Å². The first kappa shape index (κ1) is 10.5. The molecule has 0 amide bonds. The number of imidazole rings is 1. The molecule has 16 heavy (non-hydrogen) atoms. The van der Waals surface area contributed by atoms with Gasteiger partial charge in [0.05, 0.1) is 0 Å². The first-order chi connectivity index (χ1) is 7.59. The van der Waals surface area contributed by atoms with Gasteiger partial charge in [0, 0.05) is 17.9 Å². The number of rotatable bonds is 3. The lowest BCUT2D eigenvalue weighted by atomic mass is 10.2. The van der Waals surface area contributed by atoms with Gasteiger partial charge < -0.3 is 10.1 Å². The van der Waals surface area contributed by atoms with E-state index in [4.69, 9.17) is 0 Å². The van der Waals surface area contributed by atoms with Gasteiger partial charge in [-0.25, -0.2) is 9.97 Å². The highest BCUT2D eigenvalue weighted by atomic mass is 32.1. The van der Waals surface area contributed by atoms with Gasteiger partial charge in [-0.05, 0) is 16.4 Å². The molecule has 7 heteroatoms. The van der Waals surface area contributed by atoms with Crippen molar-refractivity contribution in [3.8, 4) is 0 Å². The van der Waals surface area contributed by atoms with Crippen molar-refractivity contribution in [3.63, 3.8) is 0 Å². The van der Waals surface area contributed by atoms with Crippen molar-refractivity contribution in [1.29, 1.82) is 0 Å². The summed E-state index contributed by atoms with van der Waals surface area (Å²) in [6.45, 7) is 1.57. The molecule has 0 fully saturated rings. The summed E-state index contributed by atoms with van der Waals surface area (Å²) >= 11 is 1.35. The molecule has 0 aliphatic heterocycles. The summed E-state index contributed by atoms with van der Waals surface area (Å²) < 4.78 is 0. The van der Waals surface area contributed by atoms with Gasteiger partial charge in [0.25, 0.3) is 0 Å². The second-order valence-corrected chi connectivity index (χ2v) is 3.90. The molecule has 0 atom stereocenters. The van der Waals surface area contributed by atoms with E-state index in [1.165, 1.54) is 11.3 Å². The molecular formula is C9H7N3O3S. The summed E-state index contributed by atoms with van der Waals surface area (Å²) in [5, 5.41) is 14.1. The normalized spacial score (nSPS) is 10.3. The Labute approximate surface area is 94.1 Å². The maximum Gasteiger partial charge on any atom is 0.352 e. The fourth-order valence-corrected chi connectivity index (χ4v) is 1.94. The van der Waals surface area contributed by atoms with E-state index in [0.29, 0.717) is 11.4 Å². The average molecular weight is 237 g/mol. The molecule has 2 aromatic heterocycles. The molecule has 0 saturated carbocycles. The minimum atomic E-state index is -0.639. The number of carbonyl (C=O) groups excluding carboxylic acids is 1. The largest absolute Gasteiger partial charge is 0.358 e. The van der Waals surface area contributed by atoms with Gasteiger partial charge in [-0.15, -0.1) is 0 Å². The minimum Gasteiger partial charge on any atom is -0.358 e. The van der Waals surface area contributed by atoms with Crippen LogP contribution in [0.15, 0.2) is 16.8 Å². The van der Waals surface area contributed by atoms with Gasteiger partial charge in [0.2, 0.25) is 11.5 Å². The van der Waals surface area contributed by atoms with E-state index in [1.54, 1.807) is 23.8 Å². The summed E-state index contributed by atoms with van der Waals surface area (Å²) in [5.41, 5.74) is 0.278. The van der Waals surface area contributed by atoms with Crippen molar-refractivity contribution >= 4 is 22.9 Å². The van der Waals surface area contributed by atoms with Gasteiger partial charge in [0.1, 0.15) is 0 Å². The molecule has 0 bridgehead atoms. The van der Waals surface area contributed by atoms with Crippen LogP contribution in [0, 0.1) is 17.0 Å². The van der Waals surface area contributed by atoms with Crippen LogP contribution in [0.4, 0.5) is 5.82 Å². The number of nitro groups is 1. The minimum absolute atomic E-state index is 0.138. The summed E-state index contributed by atoms with van der Waals surface area (Å²) in [6.07, 6.45) is 0. The number of H-pyrrole nitrogens is 1. The van der Waals surface area contributed by atoms with E-state index in [0.717, 1.165) is 0 Å². The fourth-order valence-electron chi connectivity index (χ4n) is 1.30. The molecule has 2 heterocycles. The molecule has 0 aliphatic rings. The number of hydrogen-bond acceptors (Lipinski definition) is 5. The Hall–Kier alpha value is -2.02. The highest BCUT2D eigenvalue weighted by Crippen LogP contribution is 2.20. The van der Waals surface area contributed by atoms with Gasteiger partial charge in [0.15, 0.2) is 5.82 Å². The second-order valence-electron chi connectivity index (χ2n) is 3.12. The number of aromatic nitrogens is 2. The average Bonchev–Trinajstić information content (AvgIpc) is 2.84. The van der Waals surface area contributed by atoms with E-state index in [9.17, 15) is 14.9 Å². The van der Waals surface area contributed by atoms with Crippen LogP contribution in [0.3, 0.4) is 0 Å². The molecule has 0 radical (unpaired) electrons. The molecule has 1 N–H and O–H groups in total. The zero-order chi connectivity index (χ0) is 11.7. The topological polar surface area (TPSA) is 88.9 Å². The predicted octanol–water partition coefficient (Wildman–Crippen LogP) is 1.92. The maximum absolute atomic E-state index is 11.9. The van der Waals surface area contributed by atoms with Crippen molar-refractivity contribution in [3.05, 3.63) is 44.0 Å². The standard InChI is InChI=1S/C9H7N3O3S/c1-5-10-7(9(11-5)12(14)15)8(13)6-2-3-16-4-6/h2-4H,1H3,(H,10,11). The Morgan fingerprint density at radius 2 is 2.38 bits per heavy atom. The molecule has 2 aromatic rings. The number of aryl methyl sites for hydroxylation is 1. The molecule has 2 rings (SSSR count). The maximum atomic E-state index is 11.9. The molecular weight excluding hydrogens is 230 g/mol. The summed E-state index contributed by atoms with van der Waals surface area (Å²) in [6, 6.07) is 1.61. The molecule has 0 aliphatic carbocycles. The van der Waals surface area contributed by atoms with Crippen LogP contribution < -0.4 is 0 Å². The van der Waals surface area contributed by atoms with Crippen LogP contribution in [-0.4, -0.2) is 20.7 Å². The molecule has 6 nitrogen and oxygen atoms in total. The quantitative estimate of drug-likeness (QED) is 0.501. The Balaban J connectivity index is 2.48. The number of carbonyl (C=O) groups is 1. The van der Waals surface area contributed by atoms with Crippen molar-refractivity contribution in [2.45, 2.75) is 6.92 Å². The molecule has 0 unspecified atom stereocenters. The van der Waals surface area contributed by atoms with Gasteiger partial charge in [-0.2, -0.15) is 11.3 Å². The lowest BCUT2D eigenvalue weighted by molar-refractivity contribution is -0.389. The molecule has 82 valence electrons. The Morgan fingerprint density at radius 3 is 2.94 bits per heavy atom. The number of thiophene rings is 1. The summed E-state index contributed by atoms with van der Waals surface area (Å²) in [7, 11) is 0. The first-order valence-electron chi connectivity index (χ1n) is 4.37. The highest BCUT2D eigenvalue weighted by Gasteiger charge is 2.25. The van der Waals surface area contributed by atoms with E-state index >= 15 is 0 Å². The Bertz CT molecular complexity index is 544. The van der Waals surface area contributed by atoms with E-state index < -0.39 is 10.7 Å². The number of hydrogen-bond donors (Lipinski definition) is 1. The van der Waals surface area contributed by atoms with E-state index in [2.05, 4.69) is 9.97 Å². The van der Waals surface area contributed by atoms with Crippen LogP contribution >= 0.6 is 11.3 Å². The number of aromatic amines is 1.